The smallest absolute Gasteiger partial charge is 0.234 e. The van der Waals surface area contributed by atoms with E-state index in [1.54, 1.807) is 22.9 Å². The number of tetrazole rings is 1. The quantitative estimate of drug-likeness (QED) is 0.577. The van der Waals surface area contributed by atoms with Crippen molar-refractivity contribution in [2.75, 3.05) is 11.1 Å². The van der Waals surface area contributed by atoms with Crippen LogP contribution in [0.25, 0.3) is 5.69 Å². The van der Waals surface area contributed by atoms with Crippen molar-refractivity contribution in [2.24, 2.45) is 0 Å². The van der Waals surface area contributed by atoms with Gasteiger partial charge < -0.3 is 5.32 Å². The number of halogens is 2. The number of carbonyl (C=O) groups is 1. The van der Waals surface area contributed by atoms with Crippen molar-refractivity contribution in [2.45, 2.75) is 24.9 Å². The highest BCUT2D eigenvalue weighted by molar-refractivity contribution is 7.99. The number of thioether (sulfide) groups is 1. The van der Waals surface area contributed by atoms with Gasteiger partial charge in [0.25, 0.3) is 0 Å². The van der Waals surface area contributed by atoms with Crippen molar-refractivity contribution in [1.29, 1.82) is 0 Å². The van der Waals surface area contributed by atoms with E-state index in [1.807, 2.05) is 24.3 Å². The Morgan fingerprint density at radius 3 is 2.44 bits per heavy atom. The molecule has 0 aliphatic rings. The number of nitrogens with zero attached hydrogens (tertiary/aromatic N) is 4. The molecule has 3 aromatic rings. The first-order chi connectivity index (χ1) is 13.0. The molecule has 0 aliphatic carbocycles. The Balaban J connectivity index is 1.67. The van der Waals surface area contributed by atoms with Crippen molar-refractivity contribution in [3.05, 3.63) is 58.1 Å². The first kappa shape index (κ1) is 19.7. The summed E-state index contributed by atoms with van der Waals surface area (Å²) in [7, 11) is 0. The monoisotopic (exact) mass is 421 g/mol. The molecule has 1 N–H and O–H groups in total. The molecule has 140 valence electrons. The number of carbonyl (C=O) groups excluding carboxylic acids is 1. The van der Waals surface area contributed by atoms with E-state index in [4.69, 9.17) is 23.2 Å². The molecule has 27 heavy (non-hydrogen) atoms. The van der Waals surface area contributed by atoms with Crippen molar-refractivity contribution in [1.82, 2.24) is 20.2 Å². The predicted octanol–water partition coefficient (Wildman–Crippen LogP) is 4.82. The maximum Gasteiger partial charge on any atom is 0.234 e. The average molecular weight is 422 g/mol. The normalized spacial score (nSPS) is 11.0. The fourth-order valence-corrected chi connectivity index (χ4v) is 3.54. The summed E-state index contributed by atoms with van der Waals surface area (Å²) in [5, 5.41) is 15.7. The van der Waals surface area contributed by atoms with Crippen LogP contribution in [0.5, 0.6) is 0 Å². The highest BCUT2D eigenvalue weighted by Gasteiger charge is 2.14. The van der Waals surface area contributed by atoms with E-state index >= 15 is 0 Å². The molecular weight excluding hydrogens is 405 g/mol. The molecule has 0 fully saturated rings. The Morgan fingerprint density at radius 2 is 1.81 bits per heavy atom. The standard InChI is InChI=1S/C18H17Cl2N5OS/c1-11(2)12-6-8-13(9-7-12)25-18(22-23-24-25)27-10-16(26)21-17-14(19)4-3-5-15(17)20/h3-9,11H,10H2,1-2H3,(H,21,26). The number of nitrogens with one attached hydrogen (secondary N) is 1. The van der Waals surface area contributed by atoms with Crippen molar-refractivity contribution >= 4 is 46.6 Å². The SMILES string of the molecule is CC(C)c1ccc(-n2nnnc2SCC(=O)Nc2c(Cl)cccc2Cl)cc1. The van der Waals surface area contributed by atoms with Gasteiger partial charge in [-0.2, -0.15) is 4.68 Å². The molecule has 0 atom stereocenters. The summed E-state index contributed by atoms with van der Waals surface area (Å²) in [6, 6.07) is 13.0. The average Bonchev–Trinajstić information content (AvgIpc) is 3.12. The van der Waals surface area contributed by atoms with Crippen molar-refractivity contribution in [3.63, 3.8) is 0 Å². The maximum absolute atomic E-state index is 12.3. The van der Waals surface area contributed by atoms with E-state index in [-0.39, 0.29) is 11.7 Å². The van der Waals surface area contributed by atoms with Gasteiger partial charge in [0.2, 0.25) is 11.1 Å². The molecule has 0 saturated carbocycles. The Bertz CT molecular complexity index is 923. The Labute approximate surface area is 171 Å². The molecule has 1 amide bonds. The summed E-state index contributed by atoms with van der Waals surface area (Å²) in [4.78, 5) is 12.3. The molecule has 0 bridgehead atoms. The zero-order valence-electron chi connectivity index (χ0n) is 14.7. The van der Waals surface area contributed by atoms with Crippen LogP contribution in [-0.4, -0.2) is 31.9 Å². The second-order valence-electron chi connectivity index (χ2n) is 6.05. The van der Waals surface area contributed by atoms with Crippen LogP contribution in [0.3, 0.4) is 0 Å². The van der Waals surface area contributed by atoms with Crippen LogP contribution in [0, 0.1) is 0 Å². The number of amides is 1. The van der Waals surface area contributed by atoms with E-state index < -0.39 is 0 Å². The van der Waals surface area contributed by atoms with Crippen LogP contribution in [0.15, 0.2) is 47.6 Å². The van der Waals surface area contributed by atoms with Gasteiger partial charge >= 0.3 is 0 Å². The largest absolute Gasteiger partial charge is 0.323 e. The Kier molecular flexibility index (Phi) is 6.36. The lowest BCUT2D eigenvalue weighted by Gasteiger charge is -2.09. The van der Waals surface area contributed by atoms with Crippen LogP contribution in [-0.2, 0) is 4.79 Å². The number of hydrogen-bond donors (Lipinski definition) is 1. The first-order valence-electron chi connectivity index (χ1n) is 8.21. The van der Waals surface area contributed by atoms with E-state index in [1.165, 1.54) is 17.3 Å². The second kappa shape index (κ2) is 8.73. The highest BCUT2D eigenvalue weighted by Crippen LogP contribution is 2.30. The molecule has 0 unspecified atom stereocenters. The molecule has 0 spiro atoms. The van der Waals surface area contributed by atoms with Crippen LogP contribution in [0.4, 0.5) is 5.69 Å². The van der Waals surface area contributed by atoms with Gasteiger partial charge in [0.05, 0.1) is 27.2 Å². The minimum Gasteiger partial charge on any atom is -0.323 e. The number of hydrogen-bond acceptors (Lipinski definition) is 5. The van der Waals surface area contributed by atoms with Gasteiger partial charge in [-0.25, -0.2) is 0 Å². The first-order valence-corrected chi connectivity index (χ1v) is 9.95. The van der Waals surface area contributed by atoms with Gasteiger partial charge in [0.15, 0.2) is 0 Å². The summed E-state index contributed by atoms with van der Waals surface area (Å²) >= 11 is 13.4. The minimum atomic E-state index is -0.250. The maximum atomic E-state index is 12.3. The van der Waals surface area contributed by atoms with Gasteiger partial charge in [0, 0.05) is 0 Å². The molecule has 3 rings (SSSR count). The number of benzene rings is 2. The fraction of sp³-hybridized carbons (Fsp3) is 0.222. The second-order valence-corrected chi connectivity index (χ2v) is 7.81. The van der Waals surface area contributed by atoms with Crippen LogP contribution >= 0.6 is 35.0 Å². The van der Waals surface area contributed by atoms with Crippen LogP contribution < -0.4 is 5.32 Å². The fourth-order valence-electron chi connectivity index (χ4n) is 2.35. The zero-order valence-corrected chi connectivity index (χ0v) is 17.0. The summed E-state index contributed by atoms with van der Waals surface area (Å²) in [6.45, 7) is 4.27. The third-order valence-corrected chi connectivity index (χ3v) is 5.35. The van der Waals surface area contributed by atoms with Gasteiger partial charge in [-0.05, 0) is 46.2 Å². The zero-order chi connectivity index (χ0) is 19.4. The number of rotatable bonds is 6. The molecule has 1 aromatic heterocycles. The van der Waals surface area contributed by atoms with E-state index in [0.29, 0.717) is 26.8 Å². The molecule has 1 heterocycles. The lowest BCUT2D eigenvalue weighted by atomic mass is 10.0. The summed E-state index contributed by atoms with van der Waals surface area (Å²) in [6.07, 6.45) is 0. The Hall–Kier alpha value is -2.09. The summed E-state index contributed by atoms with van der Waals surface area (Å²) in [5.41, 5.74) is 2.47. The van der Waals surface area contributed by atoms with Crippen molar-refractivity contribution < 1.29 is 4.79 Å². The van der Waals surface area contributed by atoms with Crippen LogP contribution in [0.1, 0.15) is 25.3 Å². The number of aromatic nitrogens is 4. The lowest BCUT2D eigenvalue weighted by molar-refractivity contribution is -0.113. The van der Waals surface area contributed by atoms with Gasteiger partial charge in [-0.15, -0.1) is 5.10 Å². The minimum absolute atomic E-state index is 0.117. The molecule has 0 aliphatic heterocycles. The van der Waals surface area contributed by atoms with Gasteiger partial charge in [-0.3, -0.25) is 4.79 Å². The van der Waals surface area contributed by atoms with E-state index in [2.05, 4.69) is 34.7 Å². The van der Waals surface area contributed by atoms with Crippen molar-refractivity contribution in [3.8, 4) is 5.69 Å². The molecule has 0 radical (unpaired) electrons. The van der Waals surface area contributed by atoms with E-state index in [0.717, 1.165) is 5.69 Å². The number of anilines is 1. The van der Waals surface area contributed by atoms with Crippen LogP contribution in [0.2, 0.25) is 10.0 Å². The lowest BCUT2D eigenvalue weighted by Crippen LogP contribution is -2.15. The number of para-hydroxylation sites is 1. The third kappa shape index (κ3) is 4.80. The topological polar surface area (TPSA) is 72.7 Å². The summed E-state index contributed by atoms with van der Waals surface area (Å²) < 4.78 is 1.60. The molecule has 0 saturated heterocycles. The molecular formula is C18H17Cl2N5OS. The van der Waals surface area contributed by atoms with Gasteiger partial charge in [-0.1, -0.05) is 67.0 Å². The van der Waals surface area contributed by atoms with Gasteiger partial charge in [0.1, 0.15) is 0 Å². The highest BCUT2D eigenvalue weighted by atomic mass is 35.5. The molecule has 6 nitrogen and oxygen atoms in total. The third-order valence-electron chi connectivity index (χ3n) is 3.80. The molecule has 2 aromatic carbocycles. The summed E-state index contributed by atoms with van der Waals surface area (Å²) in [5.74, 6) is 0.313. The predicted molar refractivity (Wildman–Crippen MR) is 109 cm³/mol. The molecule has 9 heteroatoms. The Morgan fingerprint density at radius 1 is 1.15 bits per heavy atom. The van der Waals surface area contributed by atoms with E-state index in [9.17, 15) is 4.79 Å².